The van der Waals surface area contributed by atoms with Gasteiger partial charge in [0.15, 0.2) is 0 Å². The Kier molecular flexibility index (Phi) is 7.06. The van der Waals surface area contributed by atoms with Gasteiger partial charge in [0.25, 0.3) is 0 Å². The molecule has 15 heavy (non-hydrogen) atoms. The molecule has 0 aliphatic rings. The molecule has 0 radical (unpaired) electrons. The van der Waals surface area contributed by atoms with Crippen LogP contribution in [0.2, 0.25) is 52.4 Å². The van der Waals surface area contributed by atoms with Crippen LogP contribution in [-0.4, -0.2) is 31.6 Å². The second-order valence-corrected chi connectivity index (χ2v) is 22.0. The van der Waals surface area contributed by atoms with Crippen LogP contribution in [-0.2, 0) is 4.43 Å². The van der Waals surface area contributed by atoms with Crippen molar-refractivity contribution < 1.29 is 23.3 Å². The van der Waals surface area contributed by atoms with Crippen LogP contribution in [0, 0.1) is 4.79 Å². The standard InChI is InChI=1S/C10H27OSi3.Li/c1-11-14(8,9)10(12(2,3)4)13(5,6)7;/h1-9H3;/q-1;+1. The van der Waals surface area contributed by atoms with Gasteiger partial charge in [-0.3, -0.25) is 4.79 Å². The third-order valence-corrected chi connectivity index (χ3v) is 20.4. The first-order valence-corrected chi connectivity index (χ1v) is 15.3. The van der Waals surface area contributed by atoms with E-state index in [1.807, 2.05) is 11.9 Å². The first kappa shape index (κ1) is 18.6. The summed E-state index contributed by atoms with van der Waals surface area (Å²) in [5.41, 5.74) is 0. The van der Waals surface area contributed by atoms with Gasteiger partial charge in [0.1, 0.15) is 0 Å². The fraction of sp³-hybridized carbons (Fsp3) is 0.900. The second kappa shape index (κ2) is 5.70. The fourth-order valence-corrected chi connectivity index (χ4v) is 27.3. The summed E-state index contributed by atoms with van der Waals surface area (Å²) in [6, 6.07) is 0. The van der Waals surface area contributed by atoms with Crippen molar-refractivity contribution in [3.63, 3.8) is 0 Å². The van der Waals surface area contributed by atoms with Gasteiger partial charge in [-0.05, 0) is 0 Å². The minimum Gasteiger partial charge on any atom is -0.452 e. The molecule has 0 saturated carbocycles. The van der Waals surface area contributed by atoms with Crippen molar-refractivity contribution in [3.8, 4) is 0 Å². The van der Waals surface area contributed by atoms with E-state index in [1.165, 1.54) is 0 Å². The summed E-state index contributed by atoms with van der Waals surface area (Å²) in [6.45, 7) is 19.5. The summed E-state index contributed by atoms with van der Waals surface area (Å²) in [6.07, 6.45) is 0. The minimum absolute atomic E-state index is 0. The van der Waals surface area contributed by atoms with Gasteiger partial charge in [-0.25, -0.2) is 0 Å². The van der Waals surface area contributed by atoms with E-state index >= 15 is 0 Å². The van der Waals surface area contributed by atoms with E-state index in [9.17, 15) is 0 Å². The summed E-state index contributed by atoms with van der Waals surface area (Å²) in [4.78, 5) is 1.88. The van der Waals surface area contributed by atoms with Gasteiger partial charge in [-0.2, -0.15) is 0 Å². The van der Waals surface area contributed by atoms with E-state index in [1.54, 1.807) is 0 Å². The molecule has 0 unspecified atom stereocenters. The van der Waals surface area contributed by atoms with Crippen LogP contribution in [0.5, 0.6) is 0 Å². The van der Waals surface area contributed by atoms with Crippen LogP contribution in [0.1, 0.15) is 0 Å². The van der Waals surface area contributed by atoms with E-state index in [0.717, 1.165) is 0 Å². The summed E-state index contributed by atoms with van der Waals surface area (Å²) >= 11 is 0. The molecule has 0 aromatic carbocycles. The Labute approximate surface area is 112 Å². The topological polar surface area (TPSA) is 9.23 Å². The molecule has 0 aliphatic carbocycles. The van der Waals surface area contributed by atoms with Gasteiger partial charge in [0.05, 0.1) is 0 Å². The molecule has 0 fully saturated rings. The van der Waals surface area contributed by atoms with Gasteiger partial charge in [-0.15, -0.1) is 0 Å². The maximum Gasteiger partial charge on any atom is 1.00 e. The predicted molar refractivity (Wildman–Crippen MR) is 74.4 cm³/mol. The van der Waals surface area contributed by atoms with Crippen LogP contribution in [0.25, 0.3) is 0 Å². The van der Waals surface area contributed by atoms with Crippen molar-refractivity contribution >= 4 is 24.5 Å². The van der Waals surface area contributed by atoms with Crippen LogP contribution in [0.15, 0.2) is 0 Å². The third-order valence-electron chi connectivity index (χ3n) is 2.61. The molecule has 0 saturated heterocycles. The zero-order valence-corrected chi connectivity index (χ0v) is 15.4. The Hall–Kier alpha value is 1.21. The Morgan fingerprint density at radius 2 is 1.00 bits per heavy atom. The first-order chi connectivity index (χ1) is 5.93. The smallest absolute Gasteiger partial charge is 0.452 e. The van der Waals surface area contributed by atoms with E-state index < -0.39 is 24.5 Å². The summed E-state index contributed by atoms with van der Waals surface area (Å²) in [5.74, 6) is 0. The average Bonchev–Trinajstić information content (AvgIpc) is 1.79. The average molecular weight is 255 g/mol. The zero-order chi connectivity index (χ0) is 11.8. The SMILES string of the molecule is CO[Si](C)(C)[C-]([Si](C)(C)C)[Si](C)(C)C.[Li+]. The van der Waals surface area contributed by atoms with Gasteiger partial charge >= 0.3 is 18.9 Å². The Bertz CT molecular complexity index is 180. The second-order valence-electron chi connectivity index (χ2n) is 6.59. The predicted octanol–water partition coefficient (Wildman–Crippen LogP) is 0.710. The molecule has 1 nitrogen and oxygen atoms in total. The number of hydrogen-bond acceptors (Lipinski definition) is 1. The molecule has 5 heteroatoms. The quantitative estimate of drug-likeness (QED) is 0.530. The molecule has 0 amide bonds. The van der Waals surface area contributed by atoms with Crippen molar-refractivity contribution in [1.29, 1.82) is 0 Å². The molecule has 0 bridgehead atoms. The maximum atomic E-state index is 5.82. The number of rotatable bonds is 4. The first-order valence-electron chi connectivity index (χ1n) is 5.36. The van der Waals surface area contributed by atoms with Crippen LogP contribution in [0.4, 0.5) is 0 Å². The van der Waals surface area contributed by atoms with E-state index in [0.29, 0.717) is 0 Å². The van der Waals surface area contributed by atoms with E-state index in [-0.39, 0.29) is 18.9 Å². The van der Waals surface area contributed by atoms with Crippen molar-refractivity contribution in [2.75, 3.05) is 7.11 Å². The molecule has 0 atom stereocenters. The van der Waals surface area contributed by atoms with Gasteiger partial charge in [-0.1, -0.05) is 68.5 Å². The number of hydrogen-bond donors (Lipinski definition) is 0. The van der Waals surface area contributed by atoms with Crippen molar-refractivity contribution in [1.82, 2.24) is 0 Å². The van der Waals surface area contributed by atoms with Gasteiger partial charge < -0.3 is 4.43 Å². The van der Waals surface area contributed by atoms with E-state index in [2.05, 4.69) is 52.4 Å². The Morgan fingerprint density at radius 3 is 1.07 bits per heavy atom. The molecular weight excluding hydrogens is 227 g/mol. The third kappa shape index (κ3) is 5.38. The molecule has 0 aromatic heterocycles. The van der Waals surface area contributed by atoms with Crippen LogP contribution in [0.3, 0.4) is 0 Å². The fourth-order valence-electron chi connectivity index (χ4n) is 3.03. The zero-order valence-electron chi connectivity index (χ0n) is 12.4. The van der Waals surface area contributed by atoms with Crippen molar-refractivity contribution in [3.05, 3.63) is 4.79 Å². The molecule has 0 rings (SSSR count). The monoisotopic (exact) mass is 254 g/mol. The van der Waals surface area contributed by atoms with Crippen molar-refractivity contribution in [2.45, 2.75) is 52.4 Å². The summed E-state index contributed by atoms with van der Waals surface area (Å²) in [7, 11) is -1.97. The van der Waals surface area contributed by atoms with Crippen LogP contribution >= 0.6 is 0 Å². The maximum absolute atomic E-state index is 5.82. The summed E-state index contributed by atoms with van der Waals surface area (Å²) in [5, 5.41) is 0. The molecule has 0 heterocycles. The molecular formula is C10H27LiOSi3. The van der Waals surface area contributed by atoms with E-state index in [4.69, 9.17) is 4.43 Å². The molecule has 86 valence electrons. The van der Waals surface area contributed by atoms with Gasteiger partial charge in [0.2, 0.25) is 0 Å². The largest absolute Gasteiger partial charge is 1.00 e. The minimum atomic E-state index is -1.54. The summed E-state index contributed by atoms with van der Waals surface area (Å²) < 4.78 is 5.82. The Morgan fingerprint density at radius 1 is 0.733 bits per heavy atom. The van der Waals surface area contributed by atoms with Gasteiger partial charge in [0, 0.05) is 15.4 Å². The molecule has 0 aromatic rings. The molecule has 0 spiro atoms. The van der Waals surface area contributed by atoms with Crippen LogP contribution < -0.4 is 18.9 Å². The Balaban J connectivity index is 0. The van der Waals surface area contributed by atoms with Crippen molar-refractivity contribution in [2.24, 2.45) is 0 Å². The molecule has 0 N–H and O–H groups in total. The molecule has 0 aliphatic heterocycles. The normalized spacial score (nSPS) is 14.0.